The molecule has 18 heavy (non-hydrogen) atoms. The van der Waals surface area contributed by atoms with E-state index in [9.17, 15) is 4.79 Å². The van der Waals surface area contributed by atoms with Crippen LogP contribution in [0.3, 0.4) is 0 Å². The molecule has 1 unspecified atom stereocenters. The lowest BCUT2D eigenvalue weighted by atomic mass is 9.83. The quantitative estimate of drug-likeness (QED) is 0.861. The van der Waals surface area contributed by atoms with Crippen LogP contribution in [0.25, 0.3) is 0 Å². The van der Waals surface area contributed by atoms with Crippen molar-refractivity contribution in [3.8, 4) is 0 Å². The Balaban J connectivity index is 1.99. The van der Waals surface area contributed by atoms with Gasteiger partial charge in [0.1, 0.15) is 6.04 Å². The van der Waals surface area contributed by atoms with Gasteiger partial charge in [0.15, 0.2) is 0 Å². The summed E-state index contributed by atoms with van der Waals surface area (Å²) in [4.78, 5) is 12.2. The van der Waals surface area contributed by atoms with Crippen LogP contribution < -0.4 is 11.1 Å². The lowest BCUT2D eigenvalue weighted by molar-refractivity contribution is -0.124. The molecule has 0 spiro atoms. The first-order chi connectivity index (χ1) is 8.61. The van der Waals surface area contributed by atoms with Crippen molar-refractivity contribution in [1.82, 2.24) is 5.32 Å². The summed E-state index contributed by atoms with van der Waals surface area (Å²) in [6, 6.07) is 8.97. The zero-order chi connectivity index (χ0) is 13.0. The maximum atomic E-state index is 12.2. The van der Waals surface area contributed by atoms with Crippen LogP contribution in [-0.4, -0.2) is 11.4 Å². The number of nitrogens with one attached hydrogen (secondary N) is 1. The Kier molecular flexibility index (Phi) is 4.02. The van der Waals surface area contributed by atoms with Gasteiger partial charge in [0.05, 0.1) is 0 Å². The lowest BCUT2D eigenvalue weighted by Gasteiger charge is -2.35. The molecule has 0 heterocycles. The molecule has 1 aliphatic carbocycles. The lowest BCUT2D eigenvalue weighted by Crippen LogP contribution is -2.50. The normalized spacial score (nSPS) is 20.1. The molecular formula is C15H22N2O. The van der Waals surface area contributed by atoms with Gasteiger partial charge in [-0.25, -0.2) is 0 Å². The van der Waals surface area contributed by atoms with Crippen LogP contribution >= 0.6 is 0 Å². The van der Waals surface area contributed by atoms with Crippen molar-refractivity contribution in [3.63, 3.8) is 0 Å². The van der Waals surface area contributed by atoms with E-state index in [1.165, 1.54) is 19.3 Å². The second-order valence-corrected chi connectivity index (χ2v) is 5.50. The molecule has 1 saturated carbocycles. The number of hydrogen-bond acceptors (Lipinski definition) is 2. The maximum Gasteiger partial charge on any atom is 0.241 e. The van der Waals surface area contributed by atoms with Crippen LogP contribution in [0.5, 0.6) is 0 Å². The minimum Gasteiger partial charge on any atom is -0.349 e. The van der Waals surface area contributed by atoms with E-state index in [2.05, 4.69) is 12.2 Å². The average Bonchev–Trinajstić information content (AvgIpc) is 2.39. The molecule has 0 radical (unpaired) electrons. The second-order valence-electron chi connectivity index (χ2n) is 5.50. The van der Waals surface area contributed by atoms with E-state index in [4.69, 9.17) is 5.73 Å². The Labute approximate surface area is 109 Å². The highest BCUT2D eigenvalue weighted by atomic mass is 16.2. The second kappa shape index (κ2) is 5.53. The van der Waals surface area contributed by atoms with Gasteiger partial charge in [-0.3, -0.25) is 4.79 Å². The summed E-state index contributed by atoms with van der Waals surface area (Å²) < 4.78 is 0. The molecule has 98 valence electrons. The number of nitrogens with two attached hydrogens (primary N) is 1. The number of hydrogen-bond donors (Lipinski definition) is 2. The highest BCUT2D eigenvalue weighted by Gasteiger charge is 2.30. The monoisotopic (exact) mass is 246 g/mol. The number of carbonyl (C=O) groups excluding carboxylic acids is 1. The van der Waals surface area contributed by atoms with Crippen LogP contribution in [0.15, 0.2) is 30.3 Å². The Morgan fingerprint density at radius 1 is 1.22 bits per heavy atom. The van der Waals surface area contributed by atoms with Gasteiger partial charge in [-0.05, 0) is 25.3 Å². The molecule has 1 fully saturated rings. The minimum absolute atomic E-state index is 0.0643. The van der Waals surface area contributed by atoms with Gasteiger partial charge >= 0.3 is 0 Å². The largest absolute Gasteiger partial charge is 0.349 e. The highest BCUT2D eigenvalue weighted by molar-refractivity contribution is 5.83. The third kappa shape index (κ3) is 3.10. The summed E-state index contributed by atoms with van der Waals surface area (Å²) in [6.45, 7) is 2.13. The summed E-state index contributed by atoms with van der Waals surface area (Å²) in [5.41, 5.74) is 6.80. The van der Waals surface area contributed by atoms with Crippen LogP contribution in [-0.2, 0) is 4.79 Å². The first-order valence-corrected chi connectivity index (χ1v) is 6.73. The van der Waals surface area contributed by atoms with Crippen molar-refractivity contribution in [2.75, 3.05) is 0 Å². The van der Waals surface area contributed by atoms with Crippen molar-refractivity contribution in [2.45, 2.75) is 50.6 Å². The molecule has 3 heteroatoms. The van der Waals surface area contributed by atoms with Gasteiger partial charge in [0.2, 0.25) is 5.91 Å². The van der Waals surface area contributed by atoms with Crippen LogP contribution in [0.4, 0.5) is 0 Å². The molecule has 1 aliphatic rings. The predicted molar refractivity (Wildman–Crippen MR) is 73.0 cm³/mol. The van der Waals surface area contributed by atoms with Crippen molar-refractivity contribution in [3.05, 3.63) is 35.9 Å². The molecule has 1 aromatic carbocycles. The van der Waals surface area contributed by atoms with E-state index in [1.54, 1.807) is 0 Å². The summed E-state index contributed by atoms with van der Waals surface area (Å²) in [6.07, 6.45) is 5.77. The third-order valence-electron chi connectivity index (χ3n) is 3.82. The van der Waals surface area contributed by atoms with E-state index >= 15 is 0 Å². The number of carbonyl (C=O) groups is 1. The molecule has 3 nitrogen and oxygen atoms in total. The maximum absolute atomic E-state index is 12.2. The van der Waals surface area contributed by atoms with Crippen LogP contribution in [0, 0.1) is 0 Å². The van der Waals surface area contributed by atoms with Gasteiger partial charge in [-0.2, -0.15) is 0 Å². The molecule has 2 rings (SSSR count). The van der Waals surface area contributed by atoms with Gasteiger partial charge in [-0.15, -0.1) is 0 Å². The average molecular weight is 246 g/mol. The van der Waals surface area contributed by atoms with E-state index in [0.717, 1.165) is 18.4 Å². The molecule has 1 atom stereocenters. The fourth-order valence-electron chi connectivity index (χ4n) is 2.64. The van der Waals surface area contributed by atoms with Crippen molar-refractivity contribution >= 4 is 5.91 Å². The Bertz CT molecular complexity index is 396. The summed E-state index contributed by atoms with van der Waals surface area (Å²) in [5.74, 6) is -0.0643. The van der Waals surface area contributed by atoms with Crippen LogP contribution in [0.1, 0.15) is 50.6 Å². The van der Waals surface area contributed by atoms with Gasteiger partial charge < -0.3 is 11.1 Å². The van der Waals surface area contributed by atoms with Crippen LogP contribution in [0.2, 0.25) is 0 Å². The van der Waals surface area contributed by atoms with E-state index in [-0.39, 0.29) is 11.4 Å². The topological polar surface area (TPSA) is 55.1 Å². The smallest absolute Gasteiger partial charge is 0.241 e. The zero-order valence-electron chi connectivity index (χ0n) is 11.0. The van der Waals surface area contributed by atoms with E-state index in [0.29, 0.717) is 0 Å². The molecule has 0 aromatic heterocycles. The van der Waals surface area contributed by atoms with Gasteiger partial charge in [0.25, 0.3) is 0 Å². The fraction of sp³-hybridized carbons (Fsp3) is 0.533. The van der Waals surface area contributed by atoms with Crippen molar-refractivity contribution < 1.29 is 4.79 Å². The summed E-state index contributed by atoms with van der Waals surface area (Å²) >= 11 is 0. The highest BCUT2D eigenvalue weighted by Crippen LogP contribution is 2.28. The molecule has 0 bridgehead atoms. The fourth-order valence-corrected chi connectivity index (χ4v) is 2.64. The molecule has 1 aromatic rings. The number of amides is 1. The Morgan fingerprint density at radius 3 is 2.44 bits per heavy atom. The van der Waals surface area contributed by atoms with Gasteiger partial charge in [0, 0.05) is 5.54 Å². The number of benzene rings is 1. The first-order valence-electron chi connectivity index (χ1n) is 6.73. The summed E-state index contributed by atoms with van der Waals surface area (Å²) in [7, 11) is 0. The Hall–Kier alpha value is -1.35. The van der Waals surface area contributed by atoms with Crippen molar-refractivity contribution in [1.29, 1.82) is 0 Å². The summed E-state index contributed by atoms with van der Waals surface area (Å²) in [5, 5.41) is 3.13. The molecular weight excluding hydrogens is 224 g/mol. The first kappa shape index (κ1) is 13.1. The Morgan fingerprint density at radius 2 is 1.83 bits per heavy atom. The van der Waals surface area contributed by atoms with E-state index in [1.807, 2.05) is 30.3 Å². The third-order valence-corrected chi connectivity index (χ3v) is 3.82. The molecule has 0 saturated heterocycles. The molecule has 1 amide bonds. The molecule has 3 N–H and O–H groups in total. The number of rotatable bonds is 3. The zero-order valence-corrected chi connectivity index (χ0v) is 11.0. The SMILES string of the molecule is CC1(NC(=O)C(N)c2ccccc2)CCCCC1. The van der Waals surface area contributed by atoms with Crippen molar-refractivity contribution in [2.24, 2.45) is 5.73 Å². The minimum atomic E-state index is -0.565. The van der Waals surface area contributed by atoms with Gasteiger partial charge in [-0.1, -0.05) is 49.6 Å². The predicted octanol–water partition coefficient (Wildman–Crippen LogP) is 2.53. The standard InChI is InChI=1S/C15H22N2O/c1-15(10-6-3-7-11-15)17-14(18)13(16)12-8-4-2-5-9-12/h2,4-5,8-9,13H,3,6-7,10-11,16H2,1H3,(H,17,18). The molecule has 0 aliphatic heterocycles. The van der Waals surface area contributed by atoms with E-state index < -0.39 is 6.04 Å².